The minimum absolute atomic E-state index is 0.364. The highest BCUT2D eigenvalue weighted by Crippen LogP contribution is 2.13. The predicted octanol–water partition coefficient (Wildman–Crippen LogP) is 0.453. The lowest BCUT2D eigenvalue weighted by Gasteiger charge is -2.14. The van der Waals surface area contributed by atoms with Gasteiger partial charge in [-0.1, -0.05) is 6.54 Å². The first kappa shape index (κ1) is 12.6. The van der Waals surface area contributed by atoms with Gasteiger partial charge < -0.3 is 10.0 Å². The van der Waals surface area contributed by atoms with Crippen LogP contribution in [0.5, 0.6) is 0 Å². The lowest BCUT2D eigenvalue weighted by Crippen LogP contribution is -2.83. The van der Waals surface area contributed by atoms with Gasteiger partial charge in [0.1, 0.15) is 6.54 Å². The van der Waals surface area contributed by atoms with Gasteiger partial charge in [0.2, 0.25) is 0 Å². The van der Waals surface area contributed by atoms with Crippen LogP contribution in [0, 0.1) is 6.92 Å². The zero-order chi connectivity index (χ0) is 11.3. The van der Waals surface area contributed by atoms with E-state index in [1.165, 1.54) is 10.4 Å². The molecule has 0 saturated heterocycles. The molecule has 0 unspecified atom stereocenters. The molecule has 86 valence electrons. The molecule has 4 nitrogen and oxygen atoms in total. The van der Waals surface area contributed by atoms with Crippen LogP contribution >= 0.6 is 11.3 Å². The summed E-state index contributed by atoms with van der Waals surface area (Å²) in [4.78, 5) is 1.34. The Balaban J connectivity index is 2.15. The molecule has 0 fully saturated rings. The van der Waals surface area contributed by atoms with E-state index in [-0.39, 0.29) is 0 Å². The second kappa shape index (κ2) is 5.60. The summed E-state index contributed by atoms with van der Waals surface area (Å²) in [6.45, 7) is 4.07. The zero-order valence-electron chi connectivity index (χ0n) is 8.93. The summed E-state index contributed by atoms with van der Waals surface area (Å²) in [5, 5.41) is 4.15. The molecule has 1 aromatic heterocycles. The molecule has 6 heteroatoms. The molecule has 2 N–H and O–H groups in total. The highest BCUT2D eigenvalue weighted by Gasteiger charge is 1.99. The fourth-order valence-electron chi connectivity index (χ4n) is 1.16. The summed E-state index contributed by atoms with van der Waals surface area (Å²) < 4.78 is 24.9. The highest BCUT2D eigenvalue weighted by molar-refractivity contribution is 7.93. The SMILES string of the molecule is Cc1ccsc1C[NH2+]CC[N-]S(C)(=O)=O. The molecule has 0 spiro atoms. The molecular weight excluding hydrogens is 232 g/mol. The number of sulfonamides is 1. The van der Waals surface area contributed by atoms with Gasteiger partial charge >= 0.3 is 0 Å². The number of nitrogens with zero attached hydrogens (tertiary/aromatic N) is 1. The Morgan fingerprint density at radius 1 is 1.53 bits per heavy atom. The molecule has 1 heterocycles. The summed E-state index contributed by atoms with van der Waals surface area (Å²) in [6, 6.07) is 2.09. The van der Waals surface area contributed by atoms with Crippen molar-refractivity contribution in [2.24, 2.45) is 0 Å². The Kier molecular flexibility index (Phi) is 4.72. The van der Waals surface area contributed by atoms with Gasteiger partial charge in [-0.25, -0.2) is 8.42 Å². The number of nitrogens with two attached hydrogens (primary N) is 1. The fourth-order valence-corrected chi connectivity index (χ4v) is 2.50. The molecule has 0 saturated carbocycles. The third kappa shape index (κ3) is 5.27. The maximum atomic E-state index is 10.7. The van der Waals surface area contributed by atoms with Gasteiger partial charge in [-0.15, -0.1) is 11.3 Å². The topological polar surface area (TPSA) is 64.8 Å². The number of rotatable bonds is 6. The van der Waals surface area contributed by atoms with Gasteiger partial charge in [0, 0.05) is 6.26 Å². The van der Waals surface area contributed by atoms with E-state index < -0.39 is 10.0 Å². The first-order valence-electron chi connectivity index (χ1n) is 4.72. The van der Waals surface area contributed by atoms with Crippen LogP contribution in [-0.4, -0.2) is 27.8 Å². The largest absolute Gasteiger partial charge is 0.545 e. The van der Waals surface area contributed by atoms with Crippen molar-refractivity contribution < 1.29 is 13.7 Å². The summed E-state index contributed by atoms with van der Waals surface area (Å²) >= 11 is 1.73. The normalized spacial score (nSPS) is 11.9. The zero-order valence-corrected chi connectivity index (χ0v) is 10.6. The fraction of sp³-hybridized carbons (Fsp3) is 0.556. The van der Waals surface area contributed by atoms with Crippen molar-refractivity contribution in [3.05, 3.63) is 26.6 Å². The van der Waals surface area contributed by atoms with Crippen molar-refractivity contribution in [1.29, 1.82) is 0 Å². The van der Waals surface area contributed by atoms with E-state index in [2.05, 4.69) is 28.4 Å². The van der Waals surface area contributed by atoms with E-state index >= 15 is 0 Å². The number of aryl methyl sites for hydroxylation is 1. The van der Waals surface area contributed by atoms with Gasteiger partial charge in [-0.2, -0.15) is 0 Å². The van der Waals surface area contributed by atoms with Gasteiger partial charge in [-0.05, 0) is 23.9 Å². The van der Waals surface area contributed by atoms with Crippen molar-refractivity contribution in [2.75, 3.05) is 19.3 Å². The smallest absolute Gasteiger partial charge is 0.111 e. The molecule has 0 aliphatic heterocycles. The lowest BCUT2D eigenvalue weighted by molar-refractivity contribution is -0.667. The quantitative estimate of drug-likeness (QED) is 0.743. The molecule has 15 heavy (non-hydrogen) atoms. The van der Waals surface area contributed by atoms with Crippen LogP contribution < -0.4 is 5.32 Å². The van der Waals surface area contributed by atoms with Crippen molar-refractivity contribution in [2.45, 2.75) is 13.5 Å². The van der Waals surface area contributed by atoms with Crippen LogP contribution in [0.15, 0.2) is 11.4 Å². The Morgan fingerprint density at radius 3 is 2.80 bits per heavy atom. The molecule has 0 radical (unpaired) electrons. The summed E-state index contributed by atoms with van der Waals surface area (Å²) in [5.74, 6) is 0. The summed E-state index contributed by atoms with van der Waals surface area (Å²) in [5.41, 5.74) is 1.30. The standard InChI is InChI=1S/C9H15N2O2S2/c1-8-3-6-14-9(8)7-10-4-5-11-15(2,12)13/h3,6,10H,4-5,7H2,1-2H3/q-1/p+1. The van der Waals surface area contributed by atoms with Gasteiger partial charge in [-0.3, -0.25) is 0 Å². The summed E-state index contributed by atoms with van der Waals surface area (Å²) in [6.07, 6.45) is 1.12. The number of quaternary nitrogens is 1. The third-order valence-electron chi connectivity index (χ3n) is 1.96. The maximum absolute atomic E-state index is 10.7. The Morgan fingerprint density at radius 2 is 2.27 bits per heavy atom. The molecule has 1 rings (SSSR count). The van der Waals surface area contributed by atoms with Crippen LogP contribution in [0.2, 0.25) is 0 Å². The van der Waals surface area contributed by atoms with Crippen molar-refractivity contribution in [3.8, 4) is 0 Å². The molecule has 0 aromatic carbocycles. The van der Waals surface area contributed by atoms with E-state index in [1.54, 1.807) is 11.3 Å². The Hall–Kier alpha value is -0.430. The van der Waals surface area contributed by atoms with Crippen LogP contribution in [0.25, 0.3) is 4.72 Å². The van der Waals surface area contributed by atoms with E-state index in [1.807, 2.05) is 0 Å². The minimum atomic E-state index is -3.16. The number of hydrogen-bond acceptors (Lipinski definition) is 3. The molecular formula is C9H16N2O2S2. The van der Waals surface area contributed by atoms with Gasteiger partial charge in [0.25, 0.3) is 0 Å². The van der Waals surface area contributed by atoms with Crippen molar-refractivity contribution >= 4 is 21.4 Å². The molecule has 0 aliphatic carbocycles. The van der Waals surface area contributed by atoms with E-state index in [0.29, 0.717) is 13.1 Å². The molecule has 0 atom stereocenters. The number of hydrogen-bond donors (Lipinski definition) is 1. The summed E-state index contributed by atoms with van der Waals surface area (Å²) in [7, 11) is -3.16. The van der Waals surface area contributed by atoms with E-state index in [4.69, 9.17) is 0 Å². The molecule has 0 bridgehead atoms. The monoisotopic (exact) mass is 248 g/mol. The average Bonchev–Trinajstić information content (AvgIpc) is 2.49. The van der Waals surface area contributed by atoms with Crippen LogP contribution in [-0.2, 0) is 16.6 Å². The second-order valence-electron chi connectivity index (χ2n) is 3.39. The highest BCUT2D eigenvalue weighted by atomic mass is 32.2. The molecule has 0 amide bonds. The van der Waals surface area contributed by atoms with Gasteiger partial charge in [0.05, 0.1) is 21.4 Å². The molecule has 0 aliphatic rings. The van der Waals surface area contributed by atoms with Crippen molar-refractivity contribution in [1.82, 2.24) is 0 Å². The van der Waals surface area contributed by atoms with Crippen LogP contribution in [0.4, 0.5) is 0 Å². The van der Waals surface area contributed by atoms with Crippen molar-refractivity contribution in [3.63, 3.8) is 0 Å². The minimum Gasteiger partial charge on any atom is -0.545 e. The van der Waals surface area contributed by atoms with Crippen LogP contribution in [0.1, 0.15) is 10.4 Å². The van der Waals surface area contributed by atoms with E-state index in [9.17, 15) is 8.42 Å². The molecule has 1 aromatic rings. The maximum Gasteiger partial charge on any atom is 0.111 e. The Labute approximate surface area is 94.8 Å². The first-order chi connectivity index (χ1) is 6.99. The van der Waals surface area contributed by atoms with Gasteiger partial charge in [0.15, 0.2) is 0 Å². The Bertz CT molecular complexity index is 398. The third-order valence-corrected chi connectivity index (χ3v) is 3.65. The lowest BCUT2D eigenvalue weighted by atomic mass is 10.3. The predicted molar refractivity (Wildman–Crippen MR) is 62.6 cm³/mol. The second-order valence-corrected chi connectivity index (χ2v) is 6.12. The van der Waals surface area contributed by atoms with E-state index in [0.717, 1.165) is 12.8 Å². The number of thiophene rings is 1. The van der Waals surface area contributed by atoms with Crippen LogP contribution in [0.3, 0.4) is 0 Å². The first-order valence-corrected chi connectivity index (χ1v) is 7.45. The average molecular weight is 248 g/mol.